The predicted octanol–water partition coefficient (Wildman–Crippen LogP) is 4.91. The predicted molar refractivity (Wildman–Crippen MR) is 118 cm³/mol. The molecule has 2 heterocycles. The first-order valence-electron chi connectivity index (χ1n) is 9.62. The largest absolute Gasteiger partial charge is 0.361 e. The van der Waals surface area contributed by atoms with Crippen LogP contribution in [0.3, 0.4) is 0 Å². The number of anilines is 2. The van der Waals surface area contributed by atoms with E-state index in [-0.39, 0.29) is 11.8 Å². The highest BCUT2D eigenvalue weighted by molar-refractivity contribution is 7.98. The van der Waals surface area contributed by atoms with Crippen molar-refractivity contribution in [2.45, 2.75) is 38.0 Å². The topological polar surface area (TPSA) is 97.1 Å². The summed E-state index contributed by atoms with van der Waals surface area (Å²) in [4.78, 5) is 29.0. The van der Waals surface area contributed by atoms with Crippen molar-refractivity contribution in [1.82, 2.24) is 10.1 Å². The highest BCUT2D eigenvalue weighted by Crippen LogP contribution is 2.25. The van der Waals surface area contributed by atoms with Crippen LogP contribution >= 0.6 is 11.8 Å². The summed E-state index contributed by atoms with van der Waals surface area (Å²) in [5, 5.41) is 10.3. The summed E-state index contributed by atoms with van der Waals surface area (Å²) in [5.41, 5.74) is 2.61. The number of thioether (sulfide) groups is 1. The molecule has 0 bridgehead atoms. The average molecular weight is 425 g/mol. The van der Waals surface area contributed by atoms with Gasteiger partial charge in [0.2, 0.25) is 5.91 Å². The van der Waals surface area contributed by atoms with Gasteiger partial charge in [-0.2, -0.15) is 0 Å². The smallest absolute Gasteiger partial charge is 0.258 e. The summed E-state index contributed by atoms with van der Waals surface area (Å²) < 4.78 is 5.07. The molecule has 0 spiro atoms. The van der Waals surface area contributed by atoms with Crippen molar-refractivity contribution < 1.29 is 14.1 Å². The summed E-state index contributed by atoms with van der Waals surface area (Å²) in [7, 11) is 0. The van der Waals surface area contributed by atoms with E-state index >= 15 is 0 Å². The Bertz CT molecular complexity index is 1020. The molecule has 30 heavy (non-hydrogen) atoms. The Balaban J connectivity index is 1.62. The SMILES string of the molecule is Cc1cc(CSc2ncccc2C(=O)Nc2ccc(NC(=O)CC(C)C)cc2)no1. The summed E-state index contributed by atoms with van der Waals surface area (Å²) in [5.74, 6) is 1.32. The fourth-order valence-corrected chi connectivity index (χ4v) is 3.60. The van der Waals surface area contributed by atoms with Crippen LogP contribution < -0.4 is 10.6 Å². The van der Waals surface area contributed by atoms with Crippen LogP contribution in [0.5, 0.6) is 0 Å². The van der Waals surface area contributed by atoms with Crippen molar-refractivity contribution in [1.29, 1.82) is 0 Å². The fraction of sp³-hybridized carbons (Fsp3) is 0.273. The van der Waals surface area contributed by atoms with Crippen LogP contribution in [0, 0.1) is 12.8 Å². The molecule has 0 saturated heterocycles. The van der Waals surface area contributed by atoms with Crippen LogP contribution in [0.1, 0.15) is 42.1 Å². The molecule has 0 aliphatic heterocycles. The third kappa shape index (κ3) is 6.18. The number of rotatable bonds is 8. The Labute approximate surface area is 179 Å². The molecular weight excluding hydrogens is 400 g/mol. The molecule has 156 valence electrons. The van der Waals surface area contributed by atoms with E-state index in [9.17, 15) is 9.59 Å². The summed E-state index contributed by atoms with van der Waals surface area (Å²) in [6.45, 7) is 5.83. The lowest BCUT2D eigenvalue weighted by atomic mass is 10.1. The second-order valence-corrected chi connectivity index (χ2v) is 8.22. The first kappa shape index (κ1) is 21.6. The monoisotopic (exact) mass is 424 g/mol. The number of pyridine rings is 1. The van der Waals surface area contributed by atoms with E-state index in [0.29, 0.717) is 40.1 Å². The van der Waals surface area contributed by atoms with E-state index in [1.165, 1.54) is 11.8 Å². The van der Waals surface area contributed by atoms with Gasteiger partial charge in [0, 0.05) is 35.8 Å². The zero-order valence-corrected chi connectivity index (χ0v) is 18.0. The molecule has 7 nitrogen and oxygen atoms in total. The van der Waals surface area contributed by atoms with Gasteiger partial charge in [-0.3, -0.25) is 9.59 Å². The molecule has 2 N–H and O–H groups in total. The quantitative estimate of drug-likeness (QED) is 0.499. The van der Waals surface area contributed by atoms with Gasteiger partial charge < -0.3 is 15.2 Å². The lowest BCUT2D eigenvalue weighted by Crippen LogP contribution is -2.15. The molecule has 0 radical (unpaired) electrons. The number of hydrogen-bond donors (Lipinski definition) is 2. The zero-order valence-electron chi connectivity index (χ0n) is 17.1. The van der Waals surface area contributed by atoms with Crippen molar-refractivity contribution in [2.24, 2.45) is 5.92 Å². The molecule has 2 amide bonds. The van der Waals surface area contributed by atoms with E-state index < -0.39 is 0 Å². The van der Waals surface area contributed by atoms with E-state index in [1.807, 2.05) is 26.8 Å². The maximum absolute atomic E-state index is 12.8. The maximum Gasteiger partial charge on any atom is 0.258 e. The Morgan fingerprint density at radius 3 is 2.43 bits per heavy atom. The van der Waals surface area contributed by atoms with Crippen molar-refractivity contribution in [2.75, 3.05) is 10.6 Å². The minimum atomic E-state index is -0.251. The number of nitrogens with one attached hydrogen (secondary N) is 2. The molecule has 0 atom stereocenters. The van der Waals surface area contributed by atoms with E-state index in [2.05, 4.69) is 20.8 Å². The van der Waals surface area contributed by atoms with Crippen molar-refractivity contribution in [3.05, 3.63) is 65.7 Å². The van der Waals surface area contributed by atoms with Crippen molar-refractivity contribution in [3.8, 4) is 0 Å². The van der Waals surface area contributed by atoms with Gasteiger partial charge in [-0.1, -0.05) is 30.8 Å². The van der Waals surface area contributed by atoms with Crippen LogP contribution in [0.25, 0.3) is 0 Å². The minimum absolute atomic E-state index is 0.0267. The van der Waals surface area contributed by atoms with Crippen LogP contribution in [0.4, 0.5) is 11.4 Å². The maximum atomic E-state index is 12.8. The normalized spacial score (nSPS) is 10.8. The molecule has 1 aromatic carbocycles. The number of hydrogen-bond acceptors (Lipinski definition) is 6. The molecule has 0 unspecified atom stereocenters. The highest BCUT2D eigenvalue weighted by Gasteiger charge is 2.14. The van der Waals surface area contributed by atoms with Gasteiger partial charge >= 0.3 is 0 Å². The third-order valence-corrected chi connectivity index (χ3v) is 5.11. The van der Waals surface area contributed by atoms with Gasteiger partial charge in [0.15, 0.2) is 0 Å². The first-order chi connectivity index (χ1) is 14.4. The van der Waals surface area contributed by atoms with E-state index in [0.717, 1.165) is 11.5 Å². The molecular formula is C22H24N4O3S. The van der Waals surface area contributed by atoms with Gasteiger partial charge in [0.05, 0.1) is 11.3 Å². The molecule has 0 fully saturated rings. The van der Waals surface area contributed by atoms with Gasteiger partial charge in [-0.25, -0.2) is 4.98 Å². The highest BCUT2D eigenvalue weighted by atomic mass is 32.2. The number of aromatic nitrogens is 2. The number of benzene rings is 1. The lowest BCUT2D eigenvalue weighted by Gasteiger charge is -2.10. The number of aryl methyl sites for hydroxylation is 1. The number of carbonyl (C=O) groups excluding carboxylic acids is 2. The second-order valence-electron chi connectivity index (χ2n) is 7.25. The van der Waals surface area contributed by atoms with Gasteiger partial charge in [0.25, 0.3) is 5.91 Å². The number of carbonyl (C=O) groups is 2. The summed E-state index contributed by atoms with van der Waals surface area (Å²) in [6.07, 6.45) is 2.12. The van der Waals surface area contributed by atoms with E-state index in [1.54, 1.807) is 42.6 Å². The summed E-state index contributed by atoms with van der Waals surface area (Å²) >= 11 is 1.42. The van der Waals surface area contributed by atoms with Gasteiger partial charge in [0.1, 0.15) is 10.8 Å². The third-order valence-electron chi connectivity index (χ3n) is 4.07. The molecule has 2 aromatic heterocycles. The van der Waals surface area contributed by atoms with Crippen LogP contribution in [-0.2, 0) is 10.5 Å². The van der Waals surface area contributed by atoms with Crippen LogP contribution in [0.2, 0.25) is 0 Å². The molecule has 0 saturated carbocycles. The number of amides is 2. The van der Waals surface area contributed by atoms with Crippen molar-refractivity contribution >= 4 is 35.0 Å². The van der Waals surface area contributed by atoms with E-state index in [4.69, 9.17) is 4.52 Å². The fourth-order valence-electron chi connectivity index (χ4n) is 2.73. The number of nitrogens with zero attached hydrogens (tertiary/aromatic N) is 2. The van der Waals surface area contributed by atoms with Gasteiger partial charge in [-0.15, -0.1) is 0 Å². The molecule has 3 aromatic rings. The average Bonchev–Trinajstić information content (AvgIpc) is 3.12. The molecule has 8 heteroatoms. The lowest BCUT2D eigenvalue weighted by molar-refractivity contribution is -0.116. The summed E-state index contributed by atoms with van der Waals surface area (Å²) in [6, 6.07) is 12.4. The standard InChI is InChI=1S/C22H24N4O3S/c1-14(2)11-20(27)24-16-6-8-17(9-7-16)25-21(28)19-5-4-10-23-22(19)30-13-18-12-15(3)29-26-18/h4-10,12,14H,11,13H2,1-3H3,(H,24,27)(H,25,28). The minimum Gasteiger partial charge on any atom is -0.361 e. The Morgan fingerprint density at radius 2 is 1.80 bits per heavy atom. The molecule has 3 rings (SSSR count). The zero-order chi connectivity index (χ0) is 21.5. The Kier molecular flexibility index (Phi) is 7.24. The Morgan fingerprint density at radius 1 is 1.10 bits per heavy atom. The van der Waals surface area contributed by atoms with Crippen molar-refractivity contribution in [3.63, 3.8) is 0 Å². The second kappa shape index (κ2) is 10.1. The Hall–Kier alpha value is -3.13. The van der Waals surface area contributed by atoms with Gasteiger partial charge in [-0.05, 0) is 49.2 Å². The first-order valence-corrected chi connectivity index (χ1v) is 10.6. The molecule has 0 aliphatic carbocycles. The van der Waals surface area contributed by atoms with Crippen LogP contribution in [0.15, 0.2) is 58.2 Å². The van der Waals surface area contributed by atoms with Crippen LogP contribution in [-0.4, -0.2) is 22.0 Å². The molecule has 0 aliphatic rings.